The van der Waals surface area contributed by atoms with E-state index in [-0.39, 0.29) is 12.1 Å². The first-order chi connectivity index (χ1) is 12.9. The average Bonchev–Trinajstić information content (AvgIpc) is 2.66. The molecule has 1 aliphatic heterocycles. The number of amides is 1. The molecule has 2 aromatic rings. The summed E-state index contributed by atoms with van der Waals surface area (Å²) in [5, 5.41) is 3.38. The Bertz CT molecular complexity index is 735. The molecule has 1 fully saturated rings. The summed E-state index contributed by atoms with van der Waals surface area (Å²) < 4.78 is 5.54. The number of ether oxygens (including phenoxy) is 1. The van der Waals surface area contributed by atoms with Gasteiger partial charge < -0.3 is 19.9 Å². The third kappa shape index (κ3) is 5.29. The molecule has 1 saturated heterocycles. The Morgan fingerprint density at radius 3 is 2.67 bits per heavy atom. The summed E-state index contributed by atoms with van der Waals surface area (Å²) in [7, 11) is 0. The molecule has 1 amide bonds. The molecule has 0 saturated carbocycles. The number of piperazine rings is 1. The van der Waals surface area contributed by atoms with E-state index in [0.717, 1.165) is 5.69 Å². The Kier molecular flexibility index (Phi) is 5.73. The molecule has 1 aliphatic rings. The normalized spacial score (nSPS) is 17.5. The summed E-state index contributed by atoms with van der Waals surface area (Å²) in [5.41, 5.74) is 0.418. The van der Waals surface area contributed by atoms with E-state index < -0.39 is 5.60 Å². The fourth-order valence-electron chi connectivity index (χ4n) is 2.93. The number of carbonyl (C=O) groups is 1. The highest BCUT2D eigenvalue weighted by atomic mass is 16.6. The second-order valence-corrected chi connectivity index (χ2v) is 7.44. The minimum atomic E-state index is -0.514. The van der Waals surface area contributed by atoms with Crippen molar-refractivity contribution in [1.29, 1.82) is 0 Å². The van der Waals surface area contributed by atoms with Crippen LogP contribution in [0.2, 0.25) is 0 Å². The van der Waals surface area contributed by atoms with Crippen molar-refractivity contribution in [3.8, 4) is 0 Å². The second kappa shape index (κ2) is 8.20. The van der Waals surface area contributed by atoms with Gasteiger partial charge in [-0.3, -0.25) is 4.98 Å². The van der Waals surface area contributed by atoms with Gasteiger partial charge in [0.25, 0.3) is 0 Å². The third-order valence-corrected chi connectivity index (χ3v) is 4.15. The summed E-state index contributed by atoms with van der Waals surface area (Å²) in [6, 6.07) is 5.65. The molecule has 144 valence electrons. The van der Waals surface area contributed by atoms with Crippen LogP contribution in [-0.2, 0) is 4.74 Å². The number of anilines is 2. The minimum Gasteiger partial charge on any atom is -0.444 e. The van der Waals surface area contributed by atoms with E-state index in [1.807, 2.05) is 32.9 Å². The van der Waals surface area contributed by atoms with Gasteiger partial charge in [-0.05, 0) is 39.0 Å². The molecule has 8 heteroatoms. The Morgan fingerprint density at radius 2 is 2.00 bits per heavy atom. The predicted octanol–water partition coefficient (Wildman–Crippen LogP) is 2.41. The highest BCUT2D eigenvalue weighted by molar-refractivity contribution is 5.68. The van der Waals surface area contributed by atoms with Gasteiger partial charge in [0, 0.05) is 51.0 Å². The number of hydrogen-bond donors (Lipinski definition) is 1. The van der Waals surface area contributed by atoms with E-state index in [2.05, 4.69) is 25.2 Å². The first-order valence-corrected chi connectivity index (χ1v) is 9.08. The molecule has 0 bridgehead atoms. The van der Waals surface area contributed by atoms with E-state index in [4.69, 9.17) is 4.74 Å². The van der Waals surface area contributed by atoms with Crippen molar-refractivity contribution in [3.63, 3.8) is 0 Å². The average molecular weight is 370 g/mol. The van der Waals surface area contributed by atoms with Gasteiger partial charge in [-0.2, -0.15) is 0 Å². The number of nitrogens with one attached hydrogen (secondary N) is 1. The van der Waals surface area contributed by atoms with Gasteiger partial charge in [-0.1, -0.05) is 0 Å². The molecule has 1 unspecified atom stereocenters. The smallest absolute Gasteiger partial charge is 0.410 e. The van der Waals surface area contributed by atoms with E-state index >= 15 is 0 Å². The molecule has 0 radical (unpaired) electrons. The van der Waals surface area contributed by atoms with Crippen LogP contribution in [0, 0.1) is 0 Å². The standard InChI is InChI=1S/C19H26N6O2/c1-19(2,3)27-18(26)24-10-11-25(17-21-8-5-9-22-17)16(14-24)13-23-15-6-4-7-20-12-15/h4-9,12,16,23H,10-11,13-14H2,1-3H3. The molecule has 0 aromatic carbocycles. The van der Waals surface area contributed by atoms with Crippen LogP contribution in [-0.4, -0.2) is 63.8 Å². The van der Waals surface area contributed by atoms with Crippen LogP contribution in [0.25, 0.3) is 0 Å². The topological polar surface area (TPSA) is 83.5 Å². The molecule has 1 N–H and O–H groups in total. The Balaban J connectivity index is 1.72. The monoisotopic (exact) mass is 370 g/mol. The molecular formula is C19H26N6O2. The summed E-state index contributed by atoms with van der Waals surface area (Å²) >= 11 is 0. The molecule has 0 aliphatic carbocycles. The van der Waals surface area contributed by atoms with Gasteiger partial charge in [0.2, 0.25) is 5.95 Å². The molecule has 3 heterocycles. The number of hydrogen-bond acceptors (Lipinski definition) is 7. The van der Waals surface area contributed by atoms with E-state index in [1.54, 1.807) is 35.8 Å². The van der Waals surface area contributed by atoms with Crippen LogP contribution >= 0.6 is 0 Å². The van der Waals surface area contributed by atoms with Gasteiger partial charge in [0.05, 0.1) is 11.7 Å². The van der Waals surface area contributed by atoms with Gasteiger partial charge in [0.15, 0.2) is 0 Å². The molecule has 0 spiro atoms. The lowest BCUT2D eigenvalue weighted by atomic mass is 10.1. The highest BCUT2D eigenvalue weighted by Crippen LogP contribution is 2.19. The number of pyridine rings is 1. The van der Waals surface area contributed by atoms with Crippen molar-refractivity contribution in [2.75, 3.05) is 36.4 Å². The zero-order valence-corrected chi connectivity index (χ0v) is 16.0. The number of nitrogens with zero attached hydrogens (tertiary/aromatic N) is 5. The van der Waals surface area contributed by atoms with Gasteiger partial charge in [-0.15, -0.1) is 0 Å². The summed E-state index contributed by atoms with van der Waals surface area (Å²) in [6.07, 6.45) is 6.68. The van der Waals surface area contributed by atoms with Crippen molar-refractivity contribution < 1.29 is 9.53 Å². The predicted molar refractivity (Wildman–Crippen MR) is 104 cm³/mol. The van der Waals surface area contributed by atoms with Crippen molar-refractivity contribution in [3.05, 3.63) is 43.0 Å². The third-order valence-electron chi connectivity index (χ3n) is 4.15. The Labute approximate surface area is 159 Å². The maximum absolute atomic E-state index is 12.5. The van der Waals surface area contributed by atoms with Crippen molar-refractivity contribution in [1.82, 2.24) is 19.9 Å². The Morgan fingerprint density at radius 1 is 1.22 bits per heavy atom. The first kappa shape index (κ1) is 18.9. The van der Waals surface area contributed by atoms with Crippen LogP contribution in [0.1, 0.15) is 20.8 Å². The Hall–Kier alpha value is -2.90. The molecule has 27 heavy (non-hydrogen) atoms. The van der Waals surface area contributed by atoms with Crippen molar-refractivity contribution in [2.24, 2.45) is 0 Å². The maximum Gasteiger partial charge on any atom is 0.410 e. The lowest BCUT2D eigenvalue weighted by Crippen LogP contribution is -2.58. The lowest BCUT2D eigenvalue weighted by Gasteiger charge is -2.41. The molecule has 1 atom stereocenters. The van der Waals surface area contributed by atoms with Gasteiger partial charge in [-0.25, -0.2) is 14.8 Å². The first-order valence-electron chi connectivity index (χ1n) is 9.08. The summed E-state index contributed by atoms with van der Waals surface area (Å²) in [4.78, 5) is 29.3. The highest BCUT2D eigenvalue weighted by Gasteiger charge is 2.33. The molecular weight excluding hydrogens is 344 g/mol. The van der Waals surface area contributed by atoms with Crippen LogP contribution < -0.4 is 10.2 Å². The second-order valence-electron chi connectivity index (χ2n) is 7.44. The van der Waals surface area contributed by atoms with Crippen LogP contribution in [0.3, 0.4) is 0 Å². The van der Waals surface area contributed by atoms with Gasteiger partial charge in [0.1, 0.15) is 5.60 Å². The zero-order valence-electron chi connectivity index (χ0n) is 16.0. The van der Waals surface area contributed by atoms with Crippen LogP contribution in [0.15, 0.2) is 43.0 Å². The van der Waals surface area contributed by atoms with Crippen LogP contribution in [0.5, 0.6) is 0 Å². The van der Waals surface area contributed by atoms with Crippen molar-refractivity contribution >= 4 is 17.7 Å². The van der Waals surface area contributed by atoms with Crippen LogP contribution in [0.4, 0.5) is 16.4 Å². The SMILES string of the molecule is CC(C)(C)OC(=O)N1CCN(c2ncccn2)C(CNc2cccnc2)C1. The fraction of sp³-hybridized carbons (Fsp3) is 0.474. The number of rotatable bonds is 4. The summed E-state index contributed by atoms with van der Waals surface area (Å²) in [6.45, 7) is 7.99. The largest absolute Gasteiger partial charge is 0.444 e. The quantitative estimate of drug-likeness (QED) is 0.885. The molecule has 2 aromatic heterocycles. The maximum atomic E-state index is 12.5. The molecule has 8 nitrogen and oxygen atoms in total. The number of carbonyl (C=O) groups excluding carboxylic acids is 1. The van der Waals surface area contributed by atoms with E-state index in [1.165, 1.54) is 0 Å². The fourth-order valence-corrected chi connectivity index (χ4v) is 2.93. The summed E-state index contributed by atoms with van der Waals surface area (Å²) in [5.74, 6) is 0.666. The van der Waals surface area contributed by atoms with E-state index in [0.29, 0.717) is 32.1 Å². The van der Waals surface area contributed by atoms with Gasteiger partial charge >= 0.3 is 6.09 Å². The van der Waals surface area contributed by atoms with E-state index in [9.17, 15) is 4.79 Å². The zero-order chi connectivity index (χ0) is 19.3. The number of aromatic nitrogens is 3. The minimum absolute atomic E-state index is 0.00822. The lowest BCUT2D eigenvalue weighted by molar-refractivity contribution is 0.0217. The molecule has 3 rings (SSSR count). The van der Waals surface area contributed by atoms with Crippen molar-refractivity contribution in [2.45, 2.75) is 32.4 Å².